The van der Waals surface area contributed by atoms with Crippen LogP contribution in [0.5, 0.6) is 0 Å². The fourth-order valence-electron chi connectivity index (χ4n) is 4.19. The molecule has 2 saturated heterocycles. The number of nitrogen functional groups attached to an aromatic ring is 1. The highest BCUT2D eigenvalue weighted by Gasteiger charge is 2.35. The standard InChI is InChI=1S/C17H22N8O2/c18-15-20-16(21-17-19-14(22-25(15)17)13-5-2-8-27-13)23-6-7-24-11(9-23)3-1-4-12(24)10-26/h2,5,8,11-12,26H,1,3-4,6-7,9-10H2,(H2,18,19,20,21,22). The molecular formula is C17H22N8O2. The molecule has 3 N–H and O–H groups in total. The molecule has 2 aliphatic rings. The molecule has 27 heavy (non-hydrogen) atoms. The Morgan fingerprint density at radius 2 is 2.15 bits per heavy atom. The van der Waals surface area contributed by atoms with Gasteiger partial charge in [-0.25, -0.2) is 0 Å². The maximum Gasteiger partial charge on any atom is 0.259 e. The maximum absolute atomic E-state index is 9.63. The largest absolute Gasteiger partial charge is 0.461 e. The fraction of sp³-hybridized carbons (Fsp3) is 0.529. The van der Waals surface area contributed by atoms with Gasteiger partial charge in [0.05, 0.1) is 12.9 Å². The molecule has 0 spiro atoms. The molecule has 142 valence electrons. The first-order chi connectivity index (χ1) is 13.2. The highest BCUT2D eigenvalue weighted by Crippen LogP contribution is 2.28. The van der Waals surface area contributed by atoms with Gasteiger partial charge in [-0.05, 0) is 25.0 Å². The fourth-order valence-corrected chi connectivity index (χ4v) is 4.19. The minimum absolute atomic E-state index is 0.223. The van der Waals surface area contributed by atoms with Gasteiger partial charge < -0.3 is 20.2 Å². The minimum atomic E-state index is 0.223. The third kappa shape index (κ3) is 2.81. The van der Waals surface area contributed by atoms with Gasteiger partial charge >= 0.3 is 0 Å². The zero-order valence-electron chi connectivity index (χ0n) is 14.9. The summed E-state index contributed by atoms with van der Waals surface area (Å²) in [6, 6.07) is 4.25. The first-order valence-corrected chi connectivity index (χ1v) is 9.28. The van der Waals surface area contributed by atoms with Crippen LogP contribution in [0, 0.1) is 0 Å². The van der Waals surface area contributed by atoms with Crippen LogP contribution in [-0.2, 0) is 0 Å². The summed E-state index contributed by atoms with van der Waals surface area (Å²) in [5, 5.41) is 14.0. The maximum atomic E-state index is 9.63. The van der Waals surface area contributed by atoms with Crippen LogP contribution in [-0.4, -0.2) is 72.9 Å². The van der Waals surface area contributed by atoms with Gasteiger partial charge in [0, 0.05) is 31.7 Å². The predicted molar refractivity (Wildman–Crippen MR) is 98.1 cm³/mol. The molecule has 3 aromatic rings. The Morgan fingerprint density at radius 1 is 1.22 bits per heavy atom. The van der Waals surface area contributed by atoms with Crippen LogP contribution in [0.1, 0.15) is 19.3 Å². The number of anilines is 2. The van der Waals surface area contributed by atoms with Gasteiger partial charge in [-0.15, -0.1) is 5.10 Å². The first-order valence-electron chi connectivity index (χ1n) is 9.28. The first kappa shape index (κ1) is 16.5. The Morgan fingerprint density at radius 3 is 2.96 bits per heavy atom. The van der Waals surface area contributed by atoms with Gasteiger partial charge in [-0.2, -0.15) is 19.5 Å². The zero-order valence-corrected chi connectivity index (χ0v) is 14.9. The second-order valence-corrected chi connectivity index (χ2v) is 7.11. The summed E-state index contributed by atoms with van der Waals surface area (Å²) in [5.41, 5.74) is 6.11. The van der Waals surface area contributed by atoms with Gasteiger partial charge in [0.15, 0.2) is 5.76 Å². The van der Waals surface area contributed by atoms with Crippen LogP contribution in [0.15, 0.2) is 22.8 Å². The minimum Gasteiger partial charge on any atom is -0.461 e. The lowest BCUT2D eigenvalue weighted by atomic mass is 9.94. The number of nitrogens with zero attached hydrogens (tertiary/aromatic N) is 7. The molecule has 0 aromatic carbocycles. The van der Waals surface area contributed by atoms with Crippen LogP contribution in [0.3, 0.4) is 0 Å². The van der Waals surface area contributed by atoms with Crippen molar-refractivity contribution in [2.75, 3.05) is 36.9 Å². The molecule has 2 atom stereocenters. The van der Waals surface area contributed by atoms with Crippen LogP contribution < -0.4 is 10.6 Å². The van der Waals surface area contributed by atoms with Crippen molar-refractivity contribution in [2.24, 2.45) is 0 Å². The lowest BCUT2D eigenvalue weighted by Crippen LogP contribution is -2.59. The summed E-state index contributed by atoms with van der Waals surface area (Å²) in [4.78, 5) is 18.0. The van der Waals surface area contributed by atoms with E-state index in [0.717, 1.165) is 38.9 Å². The highest BCUT2D eigenvalue weighted by atomic mass is 16.3. The van der Waals surface area contributed by atoms with Gasteiger partial charge in [0.2, 0.25) is 17.7 Å². The van der Waals surface area contributed by atoms with Gasteiger partial charge in [0.1, 0.15) is 0 Å². The van der Waals surface area contributed by atoms with E-state index in [0.29, 0.717) is 29.4 Å². The number of piperidine rings is 1. The SMILES string of the molecule is Nc1nc(N2CCN3C(CO)CCCC3C2)nc2nc(-c3ccco3)nn12. The average molecular weight is 370 g/mol. The van der Waals surface area contributed by atoms with Gasteiger partial charge in [-0.3, -0.25) is 4.90 Å². The molecule has 5 heterocycles. The van der Waals surface area contributed by atoms with E-state index in [2.05, 4.69) is 29.9 Å². The van der Waals surface area contributed by atoms with E-state index in [1.165, 1.54) is 4.52 Å². The molecule has 10 nitrogen and oxygen atoms in total. The molecule has 10 heteroatoms. The second-order valence-electron chi connectivity index (χ2n) is 7.11. The Bertz CT molecular complexity index is 940. The normalized spacial score (nSPS) is 23.7. The summed E-state index contributed by atoms with van der Waals surface area (Å²) in [5.74, 6) is 2.22. The van der Waals surface area contributed by atoms with Crippen molar-refractivity contribution >= 4 is 17.7 Å². The van der Waals surface area contributed by atoms with Crippen molar-refractivity contribution in [1.82, 2.24) is 29.5 Å². The molecule has 0 bridgehead atoms. The number of aromatic nitrogens is 5. The number of piperazine rings is 1. The quantitative estimate of drug-likeness (QED) is 0.674. The molecular weight excluding hydrogens is 348 g/mol. The van der Waals surface area contributed by atoms with Crippen molar-refractivity contribution < 1.29 is 9.52 Å². The molecule has 0 aliphatic carbocycles. The van der Waals surface area contributed by atoms with E-state index >= 15 is 0 Å². The van der Waals surface area contributed by atoms with Gasteiger partial charge in [-0.1, -0.05) is 6.42 Å². The number of rotatable bonds is 3. The summed E-state index contributed by atoms with van der Waals surface area (Å²) < 4.78 is 6.78. The molecule has 5 rings (SSSR count). The number of nitrogens with two attached hydrogens (primary N) is 1. The smallest absolute Gasteiger partial charge is 0.259 e. The molecule has 2 fully saturated rings. The molecule has 2 unspecified atom stereocenters. The summed E-state index contributed by atoms with van der Waals surface area (Å²) >= 11 is 0. The van der Waals surface area contributed by atoms with E-state index in [-0.39, 0.29) is 18.6 Å². The third-order valence-electron chi connectivity index (χ3n) is 5.53. The summed E-state index contributed by atoms with van der Waals surface area (Å²) in [7, 11) is 0. The van der Waals surface area contributed by atoms with E-state index in [1.54, 1.807) is 18.4 Å². The Balaban J connectivity index is 1.43. The lowest BCUT2D eigenvalue weighted by Gasteiger charge is -2.47. The van der Waals surface area contributed by atoms with E-state index in [9.17, 15) is 5.11 Å². The Kier molecular flexibility index (Phi) is 3.94. The third-order valence-corrected chi connectivity index (χ3v) is 5.53. The van der Waals surface area contributed by atoms with E-state index in [1.807, 2.05) is 0 Å². The van der Waals surface area contributed by atoms with Crippen LogP contribution in [0.2, 0.25) is 0 Å². The number of furan rings is 1. The number of fused-ring (bicyclic) bond motifs is 2. The van der Waals surface area contributed by atoms with Crippen LogP contribution in [0.25, 0.3) is 17.4 Å². The van der Waals surface area contributed by atoms with Crippen LogP contribution in [0.4, 0.5) is 11.9 Å². The highest BCUT2D eigenvalue weighted by molar-refractivity contribution is 5.53. The topological polar surface area (TPSA) is 122 Å². The Hall–Kier alpha value is -2.72. The van der Waals surface area contributed by atoms with Crippen molar-refractivity contribution in [3.8, 4) is 11.6 Å². The van der Waals surface area contributed by atoms with Gasteiger partial charge in [0.25, 0.3) is 5.78 Å². The molecule has 2 aliphatic heterocycles. The number of hydrogen-bond acceptors (Lipinski definition) is 9. The molecule has 3 aromatic heterocycles. The lowest BCUT2D eigenvalue weighted by molar-refractivity contribution is 0.0368. The molecule has 0 amide bonds. The second kappa shape index (κ2) is 6.46. The summed E-state index contributed by atoms with van der Waals surface area (Å²) in [6.45, 7) is 2.73. The zero-order chi connectivity index (χ0) is 18.4. The summed E-state index contributed by atoms with van der Waals surface area (Å²) in [6.07, 6.45) is 4.90. The van der Waals surface area contributed by atoms with Crippen molar-refractivity contribution in [1.29, 1.82) is 0 Å². The average Bonchev–Trinajstić information content (AvgIpc) is 3.36. The van der Waals surface area contributed by atoms with E-state index in [4.69, 9.17) is 10.2 Å². The van der Waals surface area contributed by atoms with Crippen molar-refractivity contribution in [3.05, 3.63) is 18.4 Å². The number of hydrogen-bond donors (Lipinski definition) is 2. The number of aliphatic hydroxyl groups is 1. The molecule has 0 saturated carbocycles. The predicted octanol–water partition coefficient (Wildman–Crippen LogP) is 0.397. The van der Waals surface area contributed by atoms with Crippen LogP contribution >= 0.6 is 0 Å². The Labute approximate surface area is 155 Å². The van der Waals surface area contributed by atoms with E-state index < -0.39 is 0 Å². The van der Waals surface area contributed by atoms with Crippen molar-refractivity contribution in [3.63, 3.8) is 0 Å². The number of aliphatic hydroxyl groups excluding tert-OH is 1. The monoisotopic (exact) mass is 370 g/mol. The molecule has 0 radical (unpaired) electrons. The van der Waals surface area contributed by atoms with Crippen molar-refractivity contribution in [2.45, 2.75) is 31.3 Å².